The van der Waals surface area contributed by atoms with Crippen LogP contribution >= 0.6 is 0 Å². The summed E-state index contributed by atoms with van der Waals surface area (Å²) in [6.45, 7) is 4.16. The molecule has 2 aromatic carbocycles. The number of sulfonamides is 1. The topological polar surface area (TPSA) is 77.9 Å². The smallest absolute Gasteiger partial charge is 0.416 e. The number of aryl methyl sites for hydroxylation is 1. The molecule has 1 fully saturated rings. The maximum absolute atomic E-state index is 13.5. The van der Waals surface area contributed by atoms with Crippen molar-refractivity contribution in [2.24, 2.45) is 0 Å². The number of carboxylic acid groups (broad SMARTS) is 1. The fraction of sp³-hybridized carbons (Fsp3) is 0.435. The summed E-state index contributed by atoms with van der Waals surface area (Å²) in [7, 11) is -3.90. The number of nitrogens with zero attached hydrogens (tertiary/aromatic N) is 2. The van der Waals surface area contributed by atoms with Gasteiger partial charge in [-0.25, -0.2) is 8.42 Å². The summed E-state index contributed by atoms with van der Waals surface area (Å²) < 4.78 is 67.0. The highest BCUT2D eigenvalue weighted by Gasteiger charge is 2.40. The zero-order valence-electron chi connectivity index (χ0n) is 18.2. The van der Waals surface area contributed by atoms with E-state index < -0.39 is 45.7 Å². The van der Waals surface area contributed by atoms with Crippen molar-refractivity contribution in [2.75, 3.05) is 18.0 Å². The van der Waals surface area contributed by atoms with Crippen LogP contribution in [0.25, 0.3) is 0 Å². The summed E-state index contributed by atoms with van der Waals surface area (Å²) >= 11 is 0. The third-order valence-electron chi connectivity index (χ3n) is 6.47. The third kappa shape index (κ3) is 4.33. The molecule has 2 aliphatic rings. The molecule has 0 spiro atoms. The molecular formula is C23H25F3N2O4S. The second-order valence-corrected chi connectivity index (χ2v) is 10.6. The Morgan fingerprint density at radius 3 is 2.18 bits per heavy atom. The molecule has 2 aromatic rings. The van der Waals surface area contributed by atoms with E-state index in [1.807, 2.05) is 4.90 Å². The van der Waals surface area contributed by atoms with Crippen LogP contribution < -0.4 is 4.90 Å². The average molecular weight is 483 g/mol. The van der Waals surface area contributed by atoms with Crippen molar-refractivity contribution < 1.29 is 31.5 Å². The number of rotatable bonds is 4. The van der Waals surface area contributed by atoms with Gasteiger partial charge in [0.25, 0.3) is 0 Å². The summed E-state index contributed by atoms with van der Waals surface area (Å²) in [5.41, 5.74) is 1.27. The van der Waals surface area contributed by atoms with E-state index in [0.29, 0.717) is 37.2 Å². The molecule has 0 saturated carbocycles. The number of carbonyl (C=O) groups is 1. The van der Waals surface area contributed by atoms with Crippen molar-refractivity contribution >= 4 is 21.7 Å². The van der Waals surface area contributed by atoms with E-state index in [1.54, 1.807) is 19.9 Å². The number of carboxylic acids is 1. The molecule has 1 heterocycles. The first-order valence-corrected chi connectivity index (χ1v) is 12.1. The van der Waals surface area contributed by atoms with Crippen molar-refractivity contribution in [3.63, 3.8) is 0 Å². The van der Waals surface area contributed by atoms with Crippen LogP contribution in [-0.2, 0) is 27.4 Å². The Bertz CT molecular complexity index is 1150. The maximum atomic E-state index is 13.5. The van der Waals surface area contributed by atoms with Crippen LogP contribution in [0.5, 0.6) is 0 Å². The first kappa shape index (κ1) is 23.6. The summed E-state index contributed by atoms with van der Waals surface area (Å²) in [6, 6.07) is 8.68. The molecule has 6 nitrogen and oxygen atoms in total. The lowest BCUT2D eigenvalue weighted by Crippen LogP contribution is -2.58. The van der Waals surface area contributed by atoms with Crippen LogP contribution in [0.15, 0.2) is 47.4 Å². The number of benzene rings is 2. The first-order valence-electron chi connectivity index (χ1n) is 10.7. The molecule has 1 N–H and O–H groups in total. The number of fused-ring (bicyclic) bond motifs is 1. The number of halogens is 3. The summed E-state index contributed by atoms with van der Waals surface area (Å²) in [6.07, 6.45) is -3.36. The van der Waals surface area contributed by atoms with Crippen molar-refractivity contribution in [1.82, 2.24) is 4.31 Å². The minimum atomic E-state index is -4.42. The zero-order valence-corrected chi connectivity index (χ0v) is 19.0. The lowest BCUT2D eigenvalue weighted by Gasteiger charge is -2.44. The van der Waals surface area contributed by atoms with E-state index in [1.165, 1.54) is 28.6 Å². The number of aliphatic carboxylic acids is 1. The number of hydrogen-bond donors (Lipinski definition) is 1. The predicted octanol–water partition coefficient (Wildman–Crippen LogP) is 4.11. The van der Waals surface area contributed by atoms with Crippen molar-refractivity contribution in [3.8, 4) is 0 Å². The predicted molar refractivity (Wildman–Crippen MR) is 117 cm³/mol. The quantitative estimate of drug-likeness (QED) is 0.710. The molecule has 0 bridgehead atoms. The van der Waals surface area contributed by atoms with E-state index in [0.717, 1.165) is 17.7 Å². The van der Waals surface area contributed by atoms with Gasteiger partial charge in [-0.3, -0.25) is 4.79 Å². The van der Waals surface area contributed by atoms with Crippen LogP contribution in [0.1, 0.15) is 42.9 Å². The van der Waals surface area contributed by atoms with Gasteiger partial charge >= 0.3 is 12.1 Å². The second kappa shape index (κ2) is 8.32. The van der Waals surface area contributed by atoms with Gasteiger partial charge in [-0.2, -0.15) is 17.5 Å². The molecule has 3 atom stereocenters. The summed E-state index contributed by atoms with van der Waals surface area (Å²) in [4.78, 5) is 13.5. The molecule has 4 rings (SSSR count). The number of alkyl halides is 3. The van der Waals surface area contributed by atoms with E-state index in [-0.39, 0.29) is 4.90 Å². The van der Waals surface area contributed by atoms with Crippen LogP contribution in [0.4, 0.5) is 18.9 Å². The maximum Gasteiger partial charge on any atom is 0.416 e. The van der Waals surface area contributed by atoms with E-state index in [4.69, 9.17) is 0 Å². The summed E-state index contributed by atoms with van der Waals surface area (Å²) in [5, 5.41) is 9.46. The molecule has 0 aromatic heterocycles. The van der Waals surface area contributed by atoms with Gasteiger partial charge in [0.2, 0.25) is 10.0 Å². The van der Waals surface area contributed by atoms with Crippen molar-refractivity contribution in [2.45, 2.75) is 55.8 Å². The van der Waals surface area contributed by atoms with Crippen molar-refractivity contribution in [1.29, 1.82) is 0 Å². The number of hydrogen-bond acceptors (Lipinski definition) is 4. The Kier molecular flexibility index (Phi) is 5.94. The number of piperazine rings is 1. The van der Waals surface area contributed by atoms with Gasteiger partial charge in [0.15, 0.2) is 0 Å². The molecule has 0 amide bonds. The van der Waals surface area contributed by atoms with Gasteiger partial charge in [-0.1, -0.05) is 6.07 Å². The fourth-order valence-electron chi connectivity index (χ4n) is 4.97. The lowest BCUT2D eigenvalue weighted by atomic mass is 10.0. The third-order valence-corrected chi connectivity index (χ3v) is 8.59. The Morgan fingerprint density at radius 1 is 1.03 bits per heavy atom. The number of anilines is 1. The highest BCUT2D eigenvalue weighted by atomic mass is 32.2. The molecule has 1 saturated heterocycles. The fourth-order valence-corrected chi connectivity index (χ4v) is 6.81. The Balaban J connectivity index is 1.57. The lowest BCUT2D eigenvalue weighted by molar-refractivity contribution is -0.139. The molecule has 2 unspecified atom stereocenters. The van der Waals surface area contributed by atoms with E-state index in [2.05, 4.69) is 0 Å². The first-order chi connectivity index (χ1) is 15.4. The SMILES string of the molecule is CC1CN(c2ccc(C(F)(F)F)cc2)C[C@@H](C)N1S(=O)(=O)c1ccc2c(c1)C(C(=O)O)CC2. The molecule has 33 heavy (non-hydrogen) atoms. The molecule has 10 heteroatoms. The van der Waals surface area contributed by atoms with Crippen molar-refractivity contribution in [3.05, 3.63) is 59.2 Å². The van der Waals surface area contributed by atoms with Gasteiger partial charge < -0.3 is 10.0 Å². The van der Waals surface area contributed by atoms with E-state index in [9.17, 15) is 31.5 Å². The normalized spacial score (nSPS) is 24.0. The van der Waals surface area contributed by atoms with E-state index >= 15 is 0 Å². The van der Waals surface area contributed by atoms with Gasteiger partial charge in [0, 0.05) is 30.9 Å². The monoisotopic (exact) mass is 482 g/mol. The molecule has 178 valence electrons. The minimum absolute atomic E-state index is 0.0658. The molecule has 1 aliphatic carbocycles. The molecule has 0 radical (unpaired) electrons. The highest BCUT2D eigenvalue weighted by Crippen LogP contribution is 2.37. The van der Waals surface area contributed by atoms with Crippen LogP contribution in [0.2, 0.25) is 0 Å². The minimum Gasteiger partial charge on any atom is -0.481 e. The molecule has 1 aliphatic heterocycles. The molecular weight excluding hydrogens is 457 g/mol. The Hall–Kier alpha value is -2.59. The van der Waals surface area contributed by atoms with Gasteiger partial charge in [0.05, 0.1) is 16.4 Å². The van der Waals surface area contributed by atoms with Crippen LogP contribution in [-0.4, -0.2) is 49.0 Å². The van der Waals surface area contributed by atoms with Gasteiger partial charge in [-0.15, -0.1) is 0 Å². The highest BCUT2D eigenvalue weighted by molar-refractivity contribution is 7.89. The summed E-state index contributed by atoms with van der Waals surface area (Å²) in [5.74, 6) is -1.67. The average Bonchev–Trinajstić information content (AvgIpc) is 3.16. The largest absolute Gasteiger partial charge is 0.481 e. The Morgan fingerprint density at radius 2 is 1.64 bits per heavy atom. The second-order valence-electron chi connectivity index (χ2n) is 8.77. The van der Waals surface area contributed by atoms with Gasteiger partial charge in [0.1, 0.15) is 0 Å². The van der Waals surface area contributed by atoms with Gasteiger partial charge in [-0.05, 0) is 74.2 Å². The van der Waals surface area contributed by atoms with Crippen LogP contribution in [0.3, 0.4) is 0 Å². The Labute approximate surface area is 190 Å². The standard InChI is InChI=1S/C23H25F3N2O4S/c1-14-12-27(18-7-5-17(6-8-18)23(24,25)26)13-15(2)28(14)33(31,32)19-9-3-16-4-10-20(22(29)30)21(16)11-19/h3,5-9,11,14-15,20H,4,10,12-13H2,1-2H3,(H,29,30)/t14-,15?,20?/m1/s1. The van der Waals surface area contributed by atoms with Crippen LogP contribution in [0, 0.1) is 0 Å². The zero-order chi connectivity index (χ0) is 24.1.